The monoisotopic (exact) mass is 648 g/mol. The quantitative estimate of drug-likeness (QED) is 0.0516. The first kappa shape index (κ1) is 28.2. The molecule has 0 saturated heterocycles. The van der Waals surface area contributed by atoms with Crippen molar-refractivity contribution in [2.24, 2.45) is 0 Å². The Morgan fingerprint density at radius 3 is 1.45 bits per heavy atom. The van der Waals surface area contributed by atoms with E-state index < -0.39 is 46.0 Å². The molecule has 8 aromatic carbocycles. The minimum Gasteiger partial charge on any atom is -0.504 e. The van der Waals surface area contributed by atoms with Gasteiger partial charge in [-0.1, -0.05) is 78.9 Å². The molecule has 0 unspecified atom stereocenters. The van der Waals surface area contributed by atoms with Crippen LogP contribution < -0.4 is 0 Å². The average Bonchev–Trinajstić information content (AvgIpc) is 3.51. The fourth-order valence-corrected chi connectivity index (χ4v) is 7.32. The molecule has 9 heteroatoms. The molecule has 0 fully saturated rings. The molecule has 0 amide bonds. The molecule has 0 bridgehead atoms. The van der Waals surface area contributed by atoms with Gasteiger partial charge in [0.1, 0.15) is 11.2 Å². The van der Waals surface area contributed by atoms with Crippen molar-refractivity contribution in [1.82, 2.24) is 0 Å². The maximum absolute atomic E-state index is 11.6. The number of fused-ring (bicyclic) bond motifs is 8. The van der Waals surface area contributed by atoms with E-state index in [1.807, 2.05) is 54.6 Å². The van der Waals surface area contributed by atoms with Crippen LogP contribution in [0.5, 0.6) is 46.0 Å². The number of phenols is 8. The van der Waals surface area contributed by atoms with Gasteiger partial charge in [-0.15, -0.1) is 0 Å². The van der Waals surface area contributed by atoms with Crippen LogP contribution >= 0.6 is 0 Å². The number of aromatic hydroxyl groups is 8. The SMILES string of the molecule is Oc1c(O)c(O)c2c(-c3cccc4ccccc34)c3c(O)c(O)c(O)c(O)c3c(-c3ccc4oc5ccc6ccccc6c5c4c3)c2c1O. The molecule has 0 spiro atoms. The number of furan rings is 1. The first-order valence-corrected chi connectivity index (χ1v) is 15.2. The van der Waals surface area contributed by atoms with Crippen LogP contribution in [0.3, 0.4) is 0 Å². The summed E-state index contributed by atoms with van der Waals surface area (Å²) in [5, 5.41) is 93.9. The summed E-state index contributed by atoms with van der Waals surface area (Å²) in [7, 11) is 0. The summed E-state index contributed by atoms with van der Waals surface area (Å²) in [4.78, 5) is 0. The maximum Gasteiger partial charge on any atom is 0.204 e. The van der Waals surface area contributed by atoms with Crippen LogP contribution in [-0.4, -0.2) is 40.9 Å². The highest BCUT2D eigenvalue weighted by molar-refractivity contribution is 6.31. The summed E-state index contributed by atoms with van der Waals surface area (Å²) >= 11 is 0. The molecule has 9 nitrogen and oxygen atoms in total. The summed E-state index contributed by atoms with van der Waals surface area (Å²) < 4.78 is 6.17. The predicted octanol–water partition coefficient (Wildman–Crippen LogP) is 9.18. The van der Waals surface area contributed by atoms with Crippen LogP contribution in [0, 0.1) is 0 Å². The van der Waals surface area contributed by atoms with Crippen molar-refractivity contribution >= 4 is 65.0 Å². The van der Waals surface area contributed by atoms with Gasteiger partial charge in [-0.25, -0.2) is 0 Å². The third kappa shape index (κ3) is 3.63. The zero-order valence-electron chi connectivity index (χ0n) is 25.2. The van der Waals surface area contributed by atoms with E-state index in [4.69, 9.17) is 4.42 Å². The lowest BCUT2D eigenvalue weighted by molar-refractivity contribution is 0.350. The topological polar surface area (TPSA) is 175 Å². The Labute approximate surface area is 275 Å². The fourth-order valence-electron chi connectivity index (χ4n) is 7.32. The Morgan fingerprint density at radius 2 is 0.837 bits per heavy atom. The van der Waals surface area contributed by atoms with Gasteiger partial charge in [0.25, 0.3) is 0 Å². The lowest BCUT2D eigenvalue weighted by Crippen LogP contribution is -1.95. The molecular formula is C40H24O9. The fraction of sp³-hybridized carbons (Fsp3) is 0. The molecule has 49 heavy (non-hydrogen) atoms. The van der Waals surface area contributed by atoms with Gasteiger partial charge in [-0.05, 0) is 50.9 Å². The summed E-state index contributed by atoms with van der Waals surface area (Å²) in [5.74, 6) is -7.43. The Bertz CT molecular complexity index is 2840. The molecule has 9 aromatic rings. The molecular weight excluding hydrogens is 624 g/mol. The molecule has 0 saturated carbocycles. The van der Waals surface area contributed by atoms with Crippen molar-refractivity contribution in [3.8, 4) is 68.2 Å². The predicted molar refractivity (Wildman–Crippen MR) is 188 cm³/mol. The summed E-state index contributed by atoms with van der Waals surface area (Å²) in [6, 6.07) is 29.1. The van der Waals surface area contributed by atoms with Crippen molar-refractivity contribution in [3.05, 3.63) is 97.1 Å². The van der Waals surface area contributed by atoms with E-state index in [0.717, 1.165) is 21.5 Å². The Hall–Kier alpha value is -7.00. The third-order valence-corrected chi connectivity index (χ3v) is 9.50. The van der Waals surface area contributed by atoms with Crippen molar-refractivity contribution in [3.63, 3.8) is 0 Å². The van der Waals surface area contributed by atoms with Crippen molar-refractivity contribution in [2.45, 2.75) is 0 Å². The van der Waals surface area contributed by atoms with E-state index >= 15 is 0 Å². The number of phenolic OH excluding ortho intramolecular Hbond substituents is 8. The molecule has 0 aliphatic rings. The second-order valence-corrected chi connectivity index (χ2v) is 12.0. The van der Waals surface area contributed by atoms with Gasteiger partial charge < -0.3 is 45.3 Å². The van der Waals surface area contributed by atoms with Crippen molar-refractivity contribution < 1.29 is 45.3 Å². The highest BCUT2D eigenvalue weighted by atomic mass is 16.4. The van der Waals surface area contributed by atoms with Crippen LogP contribution in [0.4, 0.5) is 0 Å². The van der Waals surface area contributed by atoms with Gasteiger partial charge in [0.05, 0.1) is 0 Å². The molecule has 0 radical (unpaired) electrons. The first-order valence-electron chi connectivity index (χ1n) is 15.2. The van der Waals surface area contributed by atoms with E-state index in [1.54, 1.807) is 42.5 Å². The summed E-state index contributed by atoms with van der Waals surface area (Å²) in [5.41, 5.74) is 1.78. The van der Waals surface area contributed by atoms with E-state index in [9.17, 15) is 40.9 Å². The normalized spacial score (nSPS) is 11.9. The average molecular weight is 649 g/mol. The lowest BCUT2D eigenvalue weighted by atomic mass is 9.82. The largest absolute Gasteiger partial charge is 0.504 e. The number of hydrogen-bond acceptors (Lipinski definition) is 9. The minimum atomic E-state index is -1.03. The minimum absolute atomic E-state index is 0.00224. The highest BCUT2D eigenvalue weighted by Crippen LogP contribution is 2.62. The maximum atomic E-state index is 11.6. The number of hydrogen-bond donors (Lipinski definition) is 8. The van der Waals surface area contributed by atoms with E-state index in [1.165, 1.54) is 0 Å². The van der Waals surface area contributed by atoms with Crippen LogP contribution in [0.2, 0.25) is 0 Å². The summed E-state index contributed by atoms with van der Waals surface area (Å²) in [6.07, 6.45) is 0. The molecule has 0 aliphatic heterocycles. The van der Waals surface area contributed by atoms with Crippen LogP contribution in [-0.2, 0) is 0 Å². The third-order valence-electron chi connectivity index (χ3n) is 9.50. The van der Waals surface area contributed by atoms with E-state index in [2.05, 4.69) is 0 Å². The highest BCUT2D eigenvalue weighted by Gasteiger charge is 2.33. The molecule has 1 heterocycles. The molecule has 9 rings (SSSR count). The van der Waals surface area contributed by atoms with Crippen molar-refractivity contribution in [1.29, 1.82) is 0 Å². The van der Waals surface area contributed by atoms with Gasteiger partial charge >= 0.3 is 0 Å². The molecule has 0 atom stereocenters. The first-order chi connectivity index (χ1) is 23.7. The van der Waals surface area contributed by atoms with Crippen LogP contribution in [0.25, 0.3) is 87.3 Å². The smallest absolute Gasteiger partial charge is 0.204 e. The summed E-state index contributed by atoms with van der Waals surface area (Å²) in [6.45, 7) is 0. The van der Waals surface area contributed by atoms with Gasteiger partial charge in [-0.3, -0.25) is 0 Å². The van der Waals surface area contributed by atoms with E-state index in [-0.39, 0.29) is 32.7 Å². The second-order valence-electron chi connectivity index (χ2n) is 12.0. The number of rotatable bonds is 2. The van der Waals surface area contributed by atoms with E-state index in [0.29, 0.717) is 33.1 Å². The van der Waals surface area contributed by atoms with Crippen LogP contribution in [0.1, 0.15) is 0 Å². The van der Waals surface area contributed by atoms with Crippen molar-refractivity contribution in [2.75, 3.05) is 0 Å². The molecule has 8 N–H and O–H groups in total. The molecule has 1 aromatic heterocycles. The number of benzene rings is 8. The Morgan fingerprint density at radius 1 is 0.347 bits per heavy atom. The molecule has 0 aliphatic carbocycles. The zero-order valence-corrected chi connectivity index (χ0v) is 25.2. The van der Waals surface area contributed by atoms with Gasteiger partial charge in [0, 0.05) is 43.4 Å². The van der Waals surface area contributed by atoms with Gasteiger partial charge in [-0.2, -0.15) is 0 Å². The van der Waals surface area contributed by atoms with Gasteiger partial charge in [0.15, 0.2) is 23.0 Å². The molecule has 238 valence electrons. The van der Waals surface area contributed by atoms with Gasteiger partial charge in [0.2, 0.25) is 23.0 Å². The Balaban J connectivity index is 1.56. The zero-order chi connectivity index (χ0) is 33.9. The Kier molecular flexibility index (Phi) is 5.62. The van der Waals surface area contributed by atoms with Crippen LogP contribution in [0.15, 0.2) is 101 Å². The second kappa shape index (κ2) is 9.76. The lowest BCUT2D eigenvalue weighted by Gasteiger charge is -2.23. The standard InChI is InChI=1S/C40H24O9/c41-33-29-26(19-13-14-24-23(16-19)27-21-10-4-2-7-18(21)12-15-25(27)49-24)30-32(36(44)40(48)38(46)34(30)42)28(31(29)35(43)39(47)37(33)45)22-11-5-8-17-6-1-3-9-20(17)22/h1-16,41-48H.